The molecule has 0 aliphatic carbocycles. The Balaban J connectivity index is 0.00000162. The van der Waals surface area contributed by atoms with Crippen molar-refractivity contribution in [1.29, 1.82) is 0 Å². The Kier molecular flexibility index (Phi) is 8.80. The molecule has 2 N–H and O–H groups in total. The second-order valence-electron chi connectivity index (χ2n) is 4.49. The Hall–Kier alpha value is -0.780. The molecule has 1 aliphatic rings. The second-order valence-corrected chi connectivity index (χ2v) is 4.49. The fourth-order valence-electron chi connectivity index (χ4n) is 2.30. The zero-order valence-corrected chi connectivity index (χ0v) is 12.7. The minimum Gasteiger partial charge on any atom is -0.338 e. The summed E-state index contributed by atoms with van der Waals surface area (Å²) in [5.41, 5.74) is 0.891. The number of hydrogen-bond acceptors (Lipinski definition) is 3. The van der Waals surface area contributed by atoms with Gasteiger partial charge >= 0.3 is 0 Å². The number of rotatable bonds is 5. The zero-order chi connectivity index (χ0) is 12.1. The number of carbonyl (C=O) groups is 1. The number of nitrogens with one attached hydrogen (secondary N) is 2. The van der Waals surface area contributed by atoms with E-state index in [9.17, 15) is 4.79 Å². The first-order chi connectivity index (χ1) is 8.31. The van der Waals surface area contributed by atoms with Crippen molar-refractivity contribution in [1.82, 2.24) is 20.4 Å². The van der Waals surface area contributed by atoms with Crippen LogP contribution in [-0.2, 0) is 11.2 Å². The van der Waals surface area contributed by atoms with Gasteiger partial charge in [-0.3, -0.25) is 9.89 Å². The largest absolute Gasteiger partial charge is 0.338 e. The predicted octanol–water partition coefficient (Wildman–Crippen LogP) is 1.40. The van der Waals surface area contributed by atoms with E-state index in [1.54, 1.807) is 6.20 Å². The summed E-state index contributed by atoms with van der Waals surface area (Å²) in [6.45, 7) is 4.90. The number of aromatic nitrogens is 2. The summed E-state index contributed by atoms with van der Waals surface area (Å²) < 4.78 is 0. The topological polar surface area (TPSA) is 61.0 Å². The van der Waals surface area contributed by atoms with E-state index in [2.05, 4.69) is 22.4 Å². The maximum Gasteiger partial charge on any atom is 0.228 e. The van der Waals surface area contributed by atoms with Crippen LogP contribution in [0, 0.1) is 0 Å². The molecular weight excluding hydrogens is 287 g/mol. The van der Waals surface area contributed by atoms with Crippen molar-refractivity contribution in [2.24, 2.45) is 0 Å². The van der Waals surface area contributed by atoms with Crippen LogP contribution in [0.1, 0.15) is 25.5 Å². The molecular formula is C12H22Cl2N4O. The molecule has 0 saturated carbocycles. The molecule has 0 radical (unpaired) electrons. The van der Waals surface area contributed by atoms with Crippen LogP contribution in [-0.4, -0.2) is 46.7 Å². The first-order valence-electron chi connectivity index (χ1n) is 6.29. The molecule has 1 aliphatic heterocycles. The Bertz CT molecular complexity index is 353. The first-order valence-corrected chi connectivity index (χ1v) is 6.29. The van der Waals surface area contributed by atoms with Crippen LogP contribution >= 0.6 is 24.8 Å². The summed E-state index contributed by atoms with van der Waals surface area (Å²) in [5.74, 6) is 0.199. The molecule has 1 aromatic heterocycles. The van der Waals surface area contributed by atoms with Gasteiger partial charge in [-0.05, 0) is 25.5 Å². The maximum absolute atomic E-state index is 12.2. The fraction of sp³-hybridized carbons (Fsp3) is 0.667. The smallest absolute Gasteiger partial charge is 0.228 e. The highest BCUT2D eigenvalue weighted by atomic mass is 35.5. The van der Waals surface area contributed by atoms with Gasteiger partial charge in [0.05, 0.1) is 6.42 Å². The molecule has 1 amide bonds. The molecule has 7 heteroatoms. The van der Waals surface area contributed by atoms with E-state index in [1.165, 1.54) is 0 Å². The van der Waals surface area contributed by atoms with Crippen LogP contribution in [0.5, 0.6) is 0 Å². The Morgan fingerprint density at radius 3 is 2.84 bits per heavy atom. The van der Waals surface area contributed by atoms with Gasteiger partial charge in [-0.15, -0.1) is 24.8 Å². The van der Waals surface area contributed by atoms with Crippen molar-refractivity contribution in [2.45, 2.75) is 32.2 Å². The normalized spacial score (nSPS) is 17.4. The van der Waals surface area contributed by atoms with Gasteiger partial charge in [-0.1, -0.05) is 6.92 Å². The molecule has 2 heterocycles. The molecule has 2 rings (SSSR count). The third-order valence-electron chi connectivity index (χ3n) is 3.16. The quantitative estimate of drug-likeness (QED) is 0.864. The lowest BCUT2D eigenvalue weighted by Crippen LogP contribution is -2.42. The number of aromatic amines is 1. The van der Waals surface area contributed by atoms with E-state index in [4.69, 9.17) is 0 Å². The van der Waals surface area contributed by atoms with Crippen molar-refractivity contribution in [3.8, 4) is 0 Å². The number of H-pyrrole nitrogens is 1. The predicted molar refractivity (Wildman–Crippen MR) is 80.1 cm³/mol. The average molecular weight is 309 g/mol. The molecule has 0 spiro atoms. The molecule has 5 nitrogen and oxygen atoms in total. The SMILES string of the molecule is CCCN(C(=O)Cc1ccn[nH]1)C1CCNC1.Cl.Cl. The van der Waals surface area contributed by atoms with Crippen molar-refractivity contribution >= 4 is 30.7 Å². The Morgan fingerprint density at radius 1 is 1.53 bits per heavy atom. The summed E-state index contributed by atoms with van der Waals surface area (Å²) >= 11 is 0. The van der Waals surface area contributed by atoms with Crippen LogP contribution in [0.4, 0.5) is 0 Å². The Morgan fingerprint density at radius 2 is 2.32 bits per heavy atom. The van der Waals surface area contributed by atoms with Gasteiger partial charge in [-0.25, -0.2) is 0 Å². The van der Waals surface area contributed by atoms with Gasteiger partial charge in [0, 0.05) is 31.0 Å². The molecule has 1 atom stereocenters. The summed E-state index contributed by atoms with van der Waals surface area (Å²) in [5, 5.41) is 10.0. The third kappa shape index (κ3) is 5.01. The van der Waals surface area contributed by atoms with Gasteiger partial charge in [-0.2, -0.15) is 5.10 Å². The lowest BCUT2D eigenvalue weighted by Gasteiger charge is -2.28. The first kappa shape index (κ1) is 18.2. The van der Waals surface area contributed by atoms with Crippen molar-refractivity contribution in [3.05, 3.63) is 18.0 Å². The molecule has 0 aromatic carbocycles. The number of nitrogens with zero attached hydrogens (tertiary/aromatic N) is 2. The minimum absolute atomic E-state index is 0. The molecule has 1 saturated heterocycles. The van der Waals surface area contributed by atoms with Gasteiger partial charge in [0.1, 0.15) is 0 Å². The fourth-order valence-corrected chi connectivity index (χ4v) is 2.30. The summed E-state index contributed by atoms with van der Waals surface area (Å²) in [4.78, 5) is 14.3. The van der Waals surface area contributed by atoms with Crippen molar-refractivity contribution in [3.63, 3.8) is 0 Å². The molecule has 19 heavy (non-hydrogen) atoms. The highest BCUT2D eigenvalue weighted by Gasteiger charge is 2.25. The maximum atomic E-state index is 12.2. The average Bonchev–Trinajstić information content (AvgIpc) is 2.97. The third-order valence-corrected chi connectivity index (χ3v) is 3.16. The monoisotopic (exact) mass is 308 g/mol. The Labute approximate surface area is 126 Å². The van der Waals surface area contributed by atoms with E-state index in [0.29, 0.717) is 12.5 Å². The van der Waals surface area contributed by atoms with Crippen molar-refractivity contribution < 1.29 is 4.79 Å². The lowest BCUT2D eigenvalue weighted by atomic mass is 10.1. The molecule has 1 unspecified atom stereocenters. The van der Waals surface area contributed by atoms with Crippen molar-refractivity contribution in [2.75, 3.05) is 19.6 Å². The van der Waals surface area contributed by atoms with E-state index in [-0.39, 0.29) is 30.7 Å². The molecule has 1 fully saturated rings. The van der Waals surface area contributed by atoms with Gasteiger partial charge in [0.2, 0.25) is 5.91 Å². The standard InChI is InChI=1S/C12H20N4O.2ClH/c1-2-7-16(11-4-5-13-9-11)12(17)8-10-3-6-14-15-10;;/h3,6,11,13H,2,4-5,7-9H2,1H3,(H,14,15);2*1H. The zero-order valence-electron chi connectivity index (χ0n) is 11.1. The summed E-state index contributed by atoms with van der Waals surface area (Å²) in [6, 6.07) is 2.22. The van der Waals surface area contributed by atoms with Crippen LogP contribution in [0.25, 0.3) is 0 Å². The second kappa shape index (κ2) is 9.18. The van der Waals surface area contributed by atoms with Crippen LogP contribution < -0.4 is 5.32 Å². The highest BCUT2D eigenvalue weighted by Crippen LogP contribution is 2.11. The summed E-state index contributed by atoms with van der Waals surface area (Å²) in [6.07, 6.45) is 4.18. The number of hydrogen-bond donors (Lipinski definition) is 2. The van der Waals surface area contributed by atoms with Gasteiger partial charge in [0.25, 0.3) is 0 Å². The van der Waals surface area contributed by atoms with Crippen LogP contribution in [0.15, 0.2) is 12.3 Å². The number of halogens is 2. The van der Waals surface area contributed by atoms with Gasteiger partial charge < -0.3 is 10.2 Å². The molecule has 1 aromatic rings. The van der Waals surface area contributed by atoms with Crippen LogP contribution in [0.3, 0.4) is 0 Å². The number of carbonyl (C=O) groups excluding carboxylic acids is 1. The van der Waals surface area contributed by atoms with Gasteiger partial charge in [0.15, 0.2) is 0 Å². The molecule has 0 bridgehead atoms. The number of amides is 1. The van der Waals surface area contributed by atoms with Crippen LogP contribution in [0.2, 0.25) is 0 Å². The highest BCUT2D eigenvalue weighted by molar-refractivity contribution is 5.85. The lowest BCUT2D eigenvalue weighted by molar-refractivity contribution is -0.132. The molecule has 110 valence electrons. The summed E-state index contributed by atoms with van der Waals surface area (Å²) in [7, 11) is 0. The van der Waals surface area contributed by atoms with E-state index < -0.39 is 0 Å². The minimum atomic E-state index is 0. The van der Waals surface area contributed by atoms with E-state index in [0.717, 1.165) is 38.2 Å². The van der Waals surface area contributed by atoms with E-state index >= 15 is 0 Å². The van der Waals surface area contributed by atoms with E-state index in [1.807, 2.05) is 11.0 Å².